The molecule has 0 aromatic carbocycles. The number of rotatable bonds is 5. The van der Waals surface area contributed by atoms with Gasteiger partial charge in [0.25, 0.3) is 0 Å². The van der Waals surface area contributed by atoms with E-state index in [-0.39, 0.29) is 10.9 Å². The summed E-state index contributed by atoms with van der Waals surface area (Å²) in [6, 6.07) is 0. The van der Waals surface area contributed by atoms with Crippen LogP contribution in [0, 0.1) is 0 Å². The van der Waals surface area contributed by atoms with E-state index >= 15 is 0 Å². The molecule has 0 aliphatic carbocycles. The standard InChI is InChI=1S/C8H10ClN3O3/c1-14-2-3-15-7-5-10-6(4-11-7)8(9)12-13/h4-5,13H,2-3H2,1H3. The predicted molar refractivity (Wildman–Crippen MR) is 53.6 cm³/mol. The fourth-order valence-corrected chi connectivity index (χ4v) is 0.876. The second-order valence-electron chi connectivity index (χ2n) is 2.47. The Bertz CT molecular complexity index is 328. The molecular formula is C8H10ClN3O3. The van der Waals surface area contributed by atoms with Crippen LogP contribution in [0.4, 0.5) is 0 Å². The van der Waals surface area contributed by atoms with Gasteiger partial charge in [0.1, 0.15) is 12.3 Å². The zero-order chi connectivity index (χ0) is 11.1. The van der Waals surface area contributed by atoms with E-state index in [2.05, 4.69) is 15.1 Å². The van der Waals surface area contributed by atoms with Crippen LogP contribution in [0.1, 0.15) is 5.69 Å². The zero-order valence-corrected chi connectivity index (χ0v) is 8.81. The molecule has 15 heavy (non-hydrogen) atoms. The highest BCUT2D eigenvalue weighted by Crippen LogP contribution is 2.06. The van der Waals surface area contributed by atoms with Gasteiger partial charge in [-0.2, -0.15) is 0 Å². The predicted octanol–water partition coefficient (Wildman–Crippen LogP) is 0.876. The molecule has 0 atom stereocenters. The number of ether oxygens (including phenoxy) is 2. The molecule has 0 saturated heterocycles. The Labute approximate surface area is 91.5 Å². The van der Waals surface area contributed by atoms with E-state index in [4.69, 9.17) is 26.3 Å². The lowest BCUT2D eigenvalue weighted by atomic mass is 10.5. The molecular weight excluding hydrogens is 222 g/mol. The van der Waals surface area contributed by atoms with Crippen LogP contribution < -0.4 is 4.74 Å². The number of nitrogens with zero attached hydrogens (tertiary/aromatic N) is 3. The van der Waals surface area contributed by atoms with Crippen LogP contribution in [0.5, 0.6) is 5.88 Å². The Balaban J connectivity index is 2.56. The average Bonchev–Trinajstić information content (AvgIpc) is 2.29. The van der Waals surface area contributed by atoms with Crippen molar-refractivity contribution in [2.24, 2.45) is 5.16 Å². The molecule has 0 radical (unpaired) electrons. The third-order valence-corrected chi connectivity index (χ3v) is 1.73. The summed E-state index contributed by atoms with van der Waals surface area (Å²) < 4.78 is 9.97. The van der Waals surface area contributed by atoms with E-state index in [9.17, 15) is 0 Å². The van der Waals surface area contributed by atoms with Gasteiger partial charge in [-0.3, -0.25) is 0 Å². The number of hydrogen-bond donors (Lipinski definition) is 1. The minimum Gasteiger partial charge on any atom is -0.474 e. The molecule has 1 aromatic rings. The van der Waals surface area contributed by atoms with Crippen molar-refractivity contribution >= 4 is 16.8 Å². The van der Waals surface area contributed by atoms with Crippen molar-refractivity contribution in [3.05, 3.63) is 18.1 Å². The van der Waals surface area contributed by atoms with Crippen LogP contribution in [-0.2, 0) is 4.74 Å². The summed E-state index contributed by atoms with van der Waals surface area (Å²) in [6.07, 6.45) is 2.74. The third-order valence-electron chi connectivity index (χ3n) is 1.46. The van der Waals surface area contributed by atoms with Gasteiger partial charge in [0.05, 0.1) is 19.0 Å². The van der Waals surface area contributed by atoms with E-state index in [1.165, 1.54) is 12.4 Å². The summed E-state index contributed by atoms with van der Waals surface area (Å²) in [6.45, 7) is 0.870. The Morgan fingerprint density at radius 2 is 2.27 bits per heavy atom. The van der Waals surface area contributed by atoms with Crippen LogP contribution in [0.3, 0.4) is 0 Å². The molecule has 0 aliphatic heterocycles. The molecule has 0 spiro atoms. The summed E-state index contributed by atoms with van der Waals surface area (Å²) in [5.41, 5.74) is 0.276. The summed E-state index contributed by atoms with van der Waals surface area (Å²) >= 11 is 5.51. The lowest BCUT2D eigenvalue weighted by molar-refractivity contribution is 0.143. The number of methoxy groups -OCH3 is 1. The van der Waals surface area contributed by atoms with Gasteiger partial charge in [0.15, 0.2) is 5.17 Å². The lowest BCUT2D eigenvalue weighted by Gasteiger charge is -2.03. The average molecular weight is 232 g/mol. The molecule has 7 heteroatoms. The smallest absolute Gasteiger partial charge is 0.232 e. The van der Waals surface area contributed by atoms with Gasteiger partial charge >= 0.3 is 0 Å². The highest BCUT2D eigenvalue weighted by Gasteiger charge is 2.03. The van der Waals surface area contributed by atoms with Crippen molar-refractivity contribution in [1.82, 2.24) is 9.97 Å². The maximum atomic E-state index is 8.37. The summed E-state index contributed by atoms with van der Waals surface area (Å²) in [5.74, 6) is 0.359. The topological polar surface area (TPSA) is 76.8 Å². The SMILES string of the molecule is COCCOc1cnc(C(Cl)=NO)cn1. The van der Waals surface area contributed by atoms with Crippen LogP contribution in [0.15, 0.2) is 17.5 Å². The molecule has 1 heterocycles. The van der Waals surface area contributed by atoms with Crippen LogP contribution in [-0.4, -0.2) is 40.7 Å². The molecule has 6 nitrogen and oxygen atoms in total. The molecule has 0 saturated carbocycles. The quantitative estimate of drug-likeness (QED) is 0.352. The molecule has 0 aliphatic rings. The number of oxime groups is 1. The summed E-state index contributed by atoms with van der Waals surface area (Å²) in [5, 5.41) is 11.0. The molecule has 1 aromatic heterocycles. The Morgan fingerprint density at radius 1 is 1.47 bits per heavy atom. The normalized spacial score (nSPS) is 11.5. The largest absolute Gasteiger partial charge is 0.474 e. The van der Waals surface area contributed by atoms with Gasteiger partial charge < -0.3 is 14.7 Å². The van der Waals surface area contributed by atoms with Crippen molar-refractivity contribution in [3.8, 4) is 5.88 Å². The Hall–Kier alpha value is -1.40. The van der Waals surface area contributed by atoms with Gasteiger partial charge in [-0.25, -0.2) is 9.97 Å². The van der Waals surface area contributed by atoms with E-state index in [0.717, 1.165) is 0 Å². The first-order chi connectivity index (χ1) is 7.27. The second-order valence-corrected chi connectivity index (χ2v) is 2.83. The molecule has 1 rings (SSSR count). The first kappa shape index (κ1) is 11.7. The summed E-state index contributed by atoms with van der Waals surface area (Å²) in [4.78, 5) is 7.78. The maximum Gasteiger partial charge on any atom is 0.232 e. The van der Waals surface area contributed by atoms with Gasteiger partial charge in [0, 0.05) is 7.11 Å². The second kappa shape index (κ2) is 6.15. The first-order valence-electron chi connectivity index (χ1n) is 4.09. The van der Waals surface area contributed by atoms with Crippen molar-refractivity contribution in [1.29, 1.82) is 0 Å². The minimum absolute atomic E-state index is 0.119. The molecule has 1 N–H and O–H groups in total. The number of halogens is 1. The molecule has 0 amide bonds. The van der Waals surface area contributed by atoms with Gasteiger partial charge in [0.2, 0.25) is 5.88 Å². The Kier molecular flexibility index (Phi) is 4.79. The van der Waals surface area contributed by atoms with E-state index in [1.807, 2.05) is 0 Å². The van der Waals surface area contributed by atoms with E-state index in [1.54, 1.807) is 7.11 Å². The van der Waals surface area contributed by atoms with Gasteiger partial charge in [-0.15, -0.1) is 0 Å². The Morgan fingerprint density at radius 3 is 2.80 bits per heavy atom. The molecule has 0 bridgehead atoms. The van der Waals surface area contributed by atoms with Gasteiger partial charge in [-0.1, -0.05) is 16.8 Å². The van der Waals surface area contributed by atoms with E-state index < -0.39 is 0 Å². The highest BCUT2D eigenvalue weighted by molar-refractivity contribution is 6.69. The van der Waals surface area contributed by atoms with Crippen molar-refractivity contribution in [3.63, 3.8) is 0 Å². The maximum absolute atomic E-state index is 8.37. The minimum atomic E-state index is -0.119. The fraction of sp³-hybridized carbons (Fsp3) is 0.375. The van der Waals surface area contributed by atoms with Crippen LogP contribution >= 0.6 is 11.6 Å². The van der Waals surface area contributed by atoms with E-state index in [0.29, 0.717) is 19.1 Å². The van der Waals surface area contributed by atoms with Crippen molar-refractivity contribution in [2.75, 3.05) is 20.3 Å². The number of hydrogen-bond acceptors (Lipinski definition) is 6. The molecule has 0 unspecified atom stereocenters. The number of aromatic nitrogens is 2. The van der Waals surface area contributed by atoms with Gasteiger partial charge in [-0.05, 0) is 0 Å². The monoisotopic (exact) mass is 231 g/mol. The van der Waals surface area contributed by atoms with Crippen LogP contribution in [0.25, 0.3) is 0 Å². The van der Waals surface area contributed by atoms with Crippen molar-refractivity contribution in [2.45, 2.75) is 0 Å². The lowest BCUT2D eigenvalue weighted by Crippen LogP contribution is -2.06. The molecule has 0 fully saturated rings. The zero-order valence-electron chi connectivity index (χ0n) is 8.05. The highest BCUT2D eigenvalue weighted by atomic mass is 35.5. The fourth-order valence-electron chi connectivity index (χ4n) is 0.778. The molecule has 82 valence electrons. The summed E-state index contributed by atoms with van der Waals surface area (Å²) in [7, 11) is 1.58. The third kappa shape index (κ3) is 3.69. The van der Waals surface area contributed by atoms with Crippen molar-refractivity contribution < 1.29 is 14.7 Å². The first-order valence-corrected chi connectivity index (χ1v) is 4.47. The van der Waals surface area contributed by atoms with Crippen LogP contribution in [0.2, 0.25) is 0 Å².